The van der Waals surface area contributed by atoms with Crippen molar-refractivity contribution in [2.24, 2.45) is 0 Å². The summed E-state index contributed by atoms with van der Waals surface area (Å²) in [6, 6.07) is 0. The van der Waals surface area contributed by atoms with Gasteiger partial charge in [-0.25, -0.2) is 9.97 Å². The summed E-state index contributed by atoms with van der Waals surface area (Å²) in [5, 5.41) is 1.08. The number of ether oxygens (including phenoxy) is 1. The summed E-state index contributed by atoms with van der Waals surface area (Å²) >= 11 is 1.56. The predicted octanol–water partition coefficient (Wildman–Crippen LogP) is 3.42. The van der Waals surface area contributed by atoms with Crippen LogP contribution in [-0.2, 0) is 0 Å². The van der Waals surface area contributed by atoms with Crippen LogP contribution in [0.2, 0.25) is 0 Å². The number of anilines is 1. The molecule has 0 unspecified atom stereocenters. The Labute approximate surface area is 146 Å². The molecule has 7 heteroatoms. The minimum atomic E-state index is 0.212. The third kappa shape index (κ3) is 3.66. The molecular formula is C17H23N5OS. The van der Waals surface area contributed by atoms with Crippen molar-refractivity contribution in [1.82, 2.24) is 19.3 Å². The smallest absolute Gasteiger partial charge is 0.232 e. The van der Waals surface area contributed by atoms with Crippen LogP contribution in [0.15, 0.2) is 18.6 Å². The van der Waals surface area contributed by atoms with E-state index in [4.69, 9.17) is 9.72 Å². The maximum absolute atomic E-state index is 5.91. The molecule has 0 bridgehead atoms. The molecule has 4 rings (SSSR count). The Kier molecular flexibility index (Phi) is 4.87. The van der Waals surface area contributed by atoms with Crippen molar-refractivity contribution in [3.63, 3.8) is 0 Å². The molecule has 0 amide bonds. The largest absolute Gasteiger partial charge is 0.473 e. The fourth-order valence-corrected chi connectivity index (χ4v) is 4.36. The summed E-state index contributed by atoms with van der Waals surface area (Å²) in [5.74, 6) is 2.28. The van der Waals surface area contributed by atoms with Crippen LogP contribution >= 0.6 is 11.5 Å². The monoisotopic (exact) mass is 345 g/mol. The summed E-state index contributed by atoms with van der Waals surface area (Å²) < 4.78 is 10.5. The van der Waals surface area contributed by atoms with E-state index >= 15 is 0 Å². The van der Waals surface area contributed by atoms with Gasteiger partial charge < -0.3 is 9.64 Å². The van der Waals surface area contributed by atoms with Gasteiger partial charge in [-0.05, 0) is 12.8 Å². The van der Waals surface area contributed by atoms with Crippen LogP contribution in [0, 0.1) is 0 Å². The Morgan fingerprint density at radius 3 is 2.62 bits per heavy atom. The summed E-state index contributed by atoms with van der Waals surface area (Å²) in [4.78, 5) is 15.4. The van der Waals surface area contributed by atoms with E-state index in [0.717, 1.165) is 36.9 Å². The molecule has 6 nitrogen and oxygen atoms in total. The molecule has 0 aromatic carbocycles. The second-order valence-corrected chi connectivity index (χ2v) is 7.35. The molecule has 1 aliphatic carbocycles. The van der Waals surface area contributed by atoms with Crippen LogP contribution in [0.4, 0.5) is 5.13 Å². The summed E-state index contributed by atoms with van der Waals surface area (Å²) in [6.07, 6.45) is 13.7. The van der Waals surface area contributed by atoms with Gasteiger partial charge in [-0.3, -0.25) is 4.98 Å². The van der Waals surface area contributed by atoms with E-state index in [9.17, 15) is 0 Å². The van der Waals surface area contributed by atoms with Gasteiger partial charge in [-0.15, -0.1) is 0 Å². The van der Waals surface area contributed by atoms with Gasteiger partial charge in [-0.2, -0.15) is 4.37 Å². The molecule has 0 spiro atoms. The van der Waals surface area contributed by atoms with E-state index in [1.165, 1.54) is 32.1 Å². The van der Waals surface area contributed by atoms with Gasteiger partial charge in [0.1, 0.15) is 11.9 Å². The van der Waals surface area contributed by atoms with Gasteiger partial charge in [0.05, 0.1) is 6.20 Å². The quantitative estimate of drug-likeness (QED) is 0.846. The molecule has 2 fully saturated rings. The number of hydrogen-bond acceptors (Lipinski definition) is 7. The zero-order chi connectivity index (χ0) is 16.2. The van der Waals surface area contributed by atoms with Crippen LogP contribution in [0.3, 0.4) is 0 Å². The average molecular weight is 345 g/mol. The molecule has 0 radical (unpaired) electrons. The first-order chi connectivity index (χ1) is 11.9. The lowest BCUT2D eigenvalue weighted by Crippen LogP contribution is -2.38. The second kappa shape index (κ2) is 7.42. The normalized spacial score (nSPS) is 20.2. The Hall–Kier alpha value is -1.76. The van der Waals surface area contributed by atoms with Gasteiger partial charge in [0, 0.05) is 55.8 Å². The number of nitrogens with zero attached hydrogens (tertiary/aromatic N) is 5. The Balaban J connectivity index is 1.32. The third-order valence-corrected chi connectivity index (χ3v) is 5.73. The van der Waals surface area contributed by atoms with E-state index < -0.39 is 0 Å². The van der Waals surface area contributed by atoms with Crippen LogP contribution in [0.25, 0.3) is 0 Å². The van der Waals surface area contributed by atoms with E-state index in [1.54, 1.807) is 30.1 Å². The number of rotatable bonds is 4. The molecule has 0 atom stereocenters. The average Bonchev–Trinajstić information content (AvgIpc) is 3.14. The van der Waals surface area contributed by atoms with E-state index in [0.29, 0.717) is 11.8 Å². The first kappa shape index (κ1) is 15.7. The van der Waals surface area contributed by atoms with Gasteiger partial charge >= 0.3 is 0 Å². The van der Waals surface area contributed by atoms with Gasteiger partial charge in [0.15, 0.2) is 0 Å². The lowest BCUT2D eigenvalue weighted by molar-refractivity contribution is 0.163. The highest BCUT2D eigenvalue weighted by atomic mass is 32.1. The molecule has 0 N–H and O–H groups in total. The van der Waals surface area contributed by atoms with Crippen molar-refractivity contribution in [2.45, 2.75) is 57.0 Å². The van der Waals surface area contributed by atoms with Crippen molar-refractivity contribution < 1.29 is 4.74 Å². The molecule has 1 saturated carbocycles. The lowest BCUT2D eigenvalue weighted by atomic mass is 9.89. The van der Waals surface area contributed by atoms with Gasteiger partial charge in [0.2, 0.25) is 11.0 Å². The number of aromatic nitrogens is 4. The van der Waals surface area contributed by atoms with Crippen molar-refractivity contribution in [3.05, 3.63) is 24.4 Å². The molecule has 1 saturated heterocycles. The first-order valence-corrected chi connectivity index (χ1v) is 9.67. The van der Waals surface area contributed by atoms with Crippen molar-refractivity contribution in [3.8, 4) is 5.88 Å². The molecule has 2 aliphatic rings. The Morgan fingerprint density at radius 1 is 1.04 bits per heavy atom. The maximum Gasteiger partial charge on any atom is 0.232 e. The SMILES string of the molecule is c1cnc(OC2CCN(c3nc(C4CCCCC4)ns3)CC2)cn1. The van der Waals surface area contributed by atoms with Crippen molar-refractivity contribution in [2.75, 3.05) is 18.0 Å². The Morgan fingerprint density at radius 2 is 1.88 bits per heavy atom. The third-order valence-electron chi connectivity index (χ3n) is 4.94. The molecule has 128 valence electrons. The standard InChI is InChI=1S/C17H23N5OS/c1-2-4-13(5-3-1)16-20-17(24-21-16)22-10-6-14(7-11-22)23-15-12-18-8-9-19-15/h8-9,12-14H,1-7,10-11H2. The van der Waals surface area contributed by atoms with Gasteiger partial charge in [-0.1, -0.05) is 19.3 Å². The van der Waals surface area contributed by atoms with Crippen molar-refractivity contribution >= 4 is 16.7 Å². The molecule has 24 heavy (non-hydrogen) atoms. The highest BCUT2D eigenvalue weighted by molar-refractivity contribution is 7.09. The molecule has 1 aliphatic heterocycles. The highest BCUT2D eigenvalue weighted by Gasteiger charge is 2.25. The van der Waals surface area contributed by atoms with Crippen LogP contribution < -0.4 is 9.64 Å². The zero-order valence-electron chi connectivity index (χ0n) is 13.8. The zero-order valence-corrected chi connectivity index (χ0v) is 14.6. The minimum Gasteiger partial charge on any atom is -0.473 e. The van der Waals surface area contributed by atoms with Crippen molar-refractivity contribution in [1.29, 1.82) is 0 Å². The molecule has 3 heterocycles. The van der Waals surface area contributed by atoms with Gasteiger partial charge in [0.25, 0.3) is 0 Å². The van der Waals surface area contributed by atoms with E-state index in [-0.39, 0.29) is 6.10 Å². The van der Waals surface area contributed by atoms with Crippen LogP contribution in [0.5, 0.6) is 5.88 Å². The molecule has 2 aromatic heterocycles. The summed E-state index contributed by atoms with van der Waals surface area (Å²) in [5.41, 5.74) is 0. The Bertz CT molecular complexity index is 635. The molecular weight excluding hydrogens is 322 g/mol. The number of hydrogen-bond donors (Lipinski definition) is 0. The fraction of sp³-hybridized carbons (Fsp3) is 0.647. The fourth-order valence-electron chi connectivity index (χ4n) is 3.56. The van der Waals surface area contributed by atoms with Crippen LogP contribution in [-0.4, -0.2) is 38.5 Å². The second-order valence-electron chi connectivity index (χ2n) is 6.62. The highest BCUT2D eigenvalue weighted by Crippen LogP contribution is 2.33. The van der Waals surface area contributed by atoms with E-state index in [1.807, 2.05) is 0 Å². The summed E-state index contributed by atoms with van der Waals surface area (Å²) in [6.45, 7) is 1.93. The van der Waals surface area contributed by atoms with E-state index in [2.05, 4.69) is 19.2 Å². The summed E-state index contributed by atoms with van der Waals surface area (Å²) in [7, 11) is 0. The topological polar surface area (TPSA) is 64.0 Å². The van der Waals surface area contributed by atoms with Crippen LogP contribution in [0.1, 0.15) is 56.7 Å². The first-order valence-electron chi connectivity index (χ1n) is 8.90. The number of piperidine rings is 1. The minimum absolute atomic E-state index is 0.212. The molecule has 2 aromatic rings. The predicted molar refractivity (Wildman–Crippen MR) is 93.6 cm³/mol. The lowest BCUT2D eigenvalue weighted by Gasteiger charge is -2.31. The maximum atomic E-state index is 5.91.